The molecule has 0 radical (unpaired) electrons. The van der Waals surface area contributed by atoms with E-state index in [-0.39, 0.29) is 35.3 Å². The molecule has 1 aliphatic carbocycles. The summed E-state index contributed by atoms with van der Waals surface area (Å²) in [6.07, 6.45) is 0.883. The molecule has 3 rings (SSSR count). The van der Waals surface area contributed by atoms with Gasteiger partial charge in [-0.15, -0.1) is 0 Å². The van der Waals surface area contributed by atoms with Gasteiger partial charge in [-0.1, -0.05) is 12.1 Å². The van der Waals surface area contributed by atoms with E-state index < -0.39 is 17.7 Å². The summed E-state index contributed by atoms with van der Waals surface area (Å²) in [6.45, 7) is 0. The molecular formula is C21H22F3N3O2. The highest BCUT2D eigenvalue weighted by Gasteiger charge is 2.40. The minimum Gasteiger partial charge on any atom is -0.349 e. The van der Waals surface area contributed by atoms with Gasteiger partial charge in [0, 0.05) is 32.1 Å². The average Bonchev–Trinajstić information content (AvgIpc) is 3.07. The lowest BCUT2D eigenvalue weighted by atomic mass is 9.88. The third-order valence-corrected chi connectivity index (χ3v) is 5.13. The van der Waals surface area contributed by atoms with Crippen LogP contribution in [0.15, 0.2) is 42.5 Å². The lowest BCUT2D eigenvalue weighted by Crippen LogP contribution is -2.37. The van der Waals surface area contributed by atoms with E-state index in [1.54, 1.807) is 26.2 Å². The molecule has 0 spiro atoms. The van der Waals surface area contributed by atoms with Crippen LogP contribution < -0.4 is 10.6 Å². The van der Waals surface area contributed by atoms with E-state index >= 15 is 0 Å². The van der Waals surface area contributed by atoms with Crippen LogP contribution in [0.25, 0.3) is 0 Å². The van der Waals surface area contributed by atoms with Crippen LogP contribution in [0.3, 0.4) is 0 Å². The molecule has 154 valence electrons. The molecule has 1 aliphatic rings. The van der Waals surface area contributed by atoms with Crippen molar-refractivity contribution in [3.63, 3.8) is 0 Å². The van der Waals surface area contributed by atoms with Crippen LogP contribution >= 0.6 is 0 Å². The molecule has 0 aliphatic heterocycles. The summed E-state index contributed by atoms with van der Waals surface area (Å²) in [5.41, 5.74) is 0.679. The van der Waals surface area contributed by atoms with E-state index in [9.17, 15) is 22.8 Å². The second kappa shape index (κ2) is 8.55. The van der Waals surface area contributed by atoms with E-state index in [1.165, 1.54) is 17.0 Å². The van der Waals surface area contributed by atoms with Crippen LogP contribution in [0.1, 0.15) is 24.3 Å². The average molecular weight is 405 g/mol. The molecule has 1 fully saturated rings. The van der Waals surface area contributed by atoms with Gasteiger partial charge in [-0.05, 0) is 48.6 Å². The third kappa shape index (κ3) is 4.88. The molecule has 2 N–H and O–H groups in total. The van der Waals surface area contributed by atoms with E-state index in [0.717, 1.165) is 17.7 Å². The fourth-order valence-corrected chi connectivity index (χ4v) is 3.77. The van der Waals surface area contributed by atoms with E-state index in [4.69, 9.17) is 0 Å². The number of anilines is 1. The number of carbonyl (C=O) groups excluding carboxylic acids is 2. The summed E-state index contributed by atoms with van der Waals surface area (Å²) in [6, 6.07) is 7.87. The van der Waals surface area contributed by atoms with Gasteiger partial charge in [0.05, 0.1) is 5.69 Å². The largest absolute Gasteiger partial charge is 0.349 e. The Balaban J connectivity index is 1.72. The van der Waals surface area contributed by atoms with Crippen molar-refractivity contribution in [2.75, 3.05) is 19.4 Å². The molecule has 29 heavy (non-hydrogen) atoms. The molecule has 8 heteroatoms. The Hall–Kier alpha value is -3.03. The highest BCUT2D eigenvalue weighted by molar-refractivity contribution is 5.89. The minimum atomic E-state index is -0.878. The Morgan fingerprint density at radius 1 is 0.966 bits per heavy atom. The topological polar surface area (TPSA) is 61.4 Å². The lowest BCUT2D eigenvalue weighted by molar-refractivity contribution is -0.133. The Kier molecular flexibility index (Phi) is 6.10. The van der Waals surface area contributed by atoms with E-state index in [0.29, 0.717) is 18.9 Å². The predicted molar refractivity (Wildman–Crippen MR) is 103 cm³/mol. The zero-order valence-electron chi connectivity index (χ0n) is 16.1. The zero-order valence-corrected chi connectivity index (χ0v) is 16.1. The van der Waals surface area contributed by atoms with Crippen LogP contribution in [0, 0.1) is 23.4 Å². The quantitative estimate of drug-likeness (QED) is 0.811. The van der Waals surface area contributed by atoms with Crippen molar-refractivity contribution in [2.45, 2.75) is 24.8 Å². The number of nitrogens with zero attached hydrogens (tertiary/aromatic N) is 1. The molecule has 0 unspecified atom stereocenters. The van der Waals surface area contributed by atoms with Gasteiger partial charge in [0.1, 0.15) is 17.5 Å². The van der Waals surface area contributed by atoms with E-state index in [1.807, 2.05) is 0 Å². The first kappa shape index (κ1) is 20.7. The van der Waals surface area contributed by atoms with Gasteiger partial charge in [-0.3, -0.25) is 4.79 Å². The molecule has 0 saturated heterocycles. The predicted octanol–water partition coefficient (Wildman–Crippen LogP) is 3.88. The van der Waals surface area contributed by atoms with Crippen LogP contribution in [0.5, 0.6) is 0 Å². The molecule has 1 saturated carbocycles. The molecule has 3 amide bonds. The van der Waals surface area contributed by atoms with Crippen molar-refractivity contribution in [3.05, 3.63) is 65.5 Å². The zero-order chi connectivity index (χ0) is 21.1. The van der Waals surface area contributed by atoms with Gasteiger partial charge in [-0.2, -0.15) is 0 Å². The molecule has 2 aromatic rings. The van der Waals surface area contributed by atoms with Gasteiger partial charge in [-0.25, -0.2) is 18.0 Å². The fourth-order valence-electron chi connectivity index (χ4n) is 3.77. The molecule has 5 nitrogen and oxygen atoms in total. The number of nitrogens with one attached hydrogen (secondary N) is 2. The standard InChI is InChI=1S/C21H22F3N3O2/c1-27(2)20(28)17-11-15(10-16(17)12-3-5-13(22)6-4-12)25-21(29)26-19-8-7-14(23)9-18(19)24/h3-9,15-17H,10-11H2,1-2H3,(H2,25,26,29)/t15-,16+,17-/m0/s1. The molecule has 3 atom stereocenters. The number of carbonyl (C=O) groups is 2. The smallest absolute Gasteiger partial charge is 0.319 e. The van der Waals surface area contributed by atoms with Crippen molar-refractivity contribution < 1.29 is 22.8 Å². The van der Waals surface area contributed by atoms with Gasteiger partial charge in [0.15, 0.2) is 0 Å². The Bertz CT molecular complexity index is 903. The number of hydrogen-bond acceptors (Lipinski definition) is 2. The fraction of sp³-hybridized carbons (Fsp3) is 0.333. The highest BCUT2D eigenvalue weighted by atomic mass is 19.1. The monoisotopic (exact) mass is 405 g/mol. The maximum Gasteiger partial charge on any atom is 0.319 e. The summed E-state index contributed by atoms with van der Waals surface area (Å²) >= 11 is 0. The van der Waals surface area contributed by atoms with Gasteiger partial charge < -0.3 is 15.5 Å². The first-order chi connectivity index (χ1) is 13.7. The summed E-state index contributed by atoms with van der Waals surface area (Å²) in [4.78, 5) is 26.4. The molecule has 0 aromatic heterocycles. The number of benzene rings is 2. The number of urea groups is 1. The summed E-state index contributed by atoms with van der Waals surface area (Å²) < 4.78 is 40.0. The van der Waals surface area contributed by atoms with Crippen molar-refractivity contribution in [1.29, 1.82) is 0 Å². The molecule has 0 bridgehead atoms. The van der Waals surface area contributed by atoms with Crippen LogP contribution in [0.2, 0.25) is 0 Å². The summed E-state index contributed by atoms with van der Waals surface area (Å²) in [7, 11) is 3.32. The number of rotatable bonds is 4. The molecular weight excluding hydrogens is 383 g/mol. The highest BCUT2D eigenvalue weighted by Crippen LogP contribution is 2.40. The normalized spacial score (nSPS) is 20.9. The van der Waals surface area contributed by atoms with Crippen molar-refractivity contribution >= 4 is 17.6 Å². The lowest BCUT2D eigenvalue weighted by Gasteiger charge is -2.22. The van der Waals surface area contributed by atoms with Crippen LogP contribution in [-0.4, -0.2) is 37.0 Å². The summed E-state index contributed by atoms with van der Waals surface area (Å²) in [5, 5.41) is 5.11. The van der Waals surface area contributed by atoms with Gasteiger partial charge in [0.25, 0.3) is 0 Å². The number of amides is 3. The Morgan fingerprint density at radius 3 is 2.24 bits per heavy atom. The summed E-state index contributed by atoms with van der Waals surface area (Å²) in [5.74, 6) is -2.61. The van der Waals surface area contributed by atoms with Gasteiger partial charge in [0.2, 0.25) is 5.91 Å². The first-order valence-corrected chi connectivity index (χ1v) is 9.23. The Morgan fingerprint density at radius 2 is 1.62 bits per heavy atom. The number of hydrogen-bond donors (Lipinski definition) is 2. The second-order valence-electron chi connectivity index (χ2n) is 7.39. The van der Waals surface area contributed by atoms with Crippen molar-refractivity contribution in [3.8, 4) is 0 Å². The number of halogens is 3. The SMILES string of the molecule is CN(C)C(=O)[C@H]1C[C@@H](NC(=O)Nc2ccc(F)cc2F)C[C@@H]1c1ccc(F)cc1. The first-order valence-electron chi connectivity index (χ1n) is 9.23. The Labute approximate surface area is 166 Å². The molecule has 0 heterocycles. The van der Waals surface area contributed by atoms with Crippen LogP contribution in [-0.2, 0) is 4.79 Å². The second-order valence-corrected chi connectivity index (χ2v) is 7.39. The maximum atomic E-state index is 13.7. The maximum absolute atomic E-state index is 13.7. The molecule has 2 aromatic carbocycles. The van der Waals surface area contributed by atoms with E-state index in [2.05, 4.69) is 10.6 Å². The van der Waals surface area contributed by atoms with Crippen molar-refractivity contribution in [2.24, 2.45) is 5.92 Å². The van der Waals surface area contributed by atoms with Gasteiger partial charge >= 0.3 is 6.03 Å². The third-order valence-electron chi connectivity index (χ3n) is 5.13. The minimum absolute atomic E-state index is 0.0754. The van der Waals surface area contributed by atoms with Crippen molar-refractivity contribution in [1.82, 2.24) is 10.2 Å². The van der Waals surface area contributed by atoms with Crippen LogP contribution in [0.4, 0.5) is 23.7 Å².